The lowest BCUT2D eigenvalue weighted by Crippen LogP contribution is -2.30. The number of benzene rings is 2. The molecule has 0 atom stereocenters. The molecule has 1 heterocycles. The van der Waals surface area contributed by atoms with Gasteiger partial charge in [-0.15, -0.1) is 0 Å². The monoisotopic (exact) mass is 405 g/mol. The minimum atomic E-state index is -3.96. The van der Waals surface area contributed by atoms with Crippen molar-refractivity contribution in [3.8, 4) is 11.4 Å². The van der Waals surface area contributed by atoms with Crippen LogP contribution in [0.3, 0.4) is 0 Å². The SMILES string of the molecule is Cc1ccccc1-c1noc(COC(=O)CNS(=O)(=O)c2ccc(F)cc2)n1. The van der Waals surface area contributed by atoms with Crippen LogP contribution in [0.1, 0.15) is 11.5 Å². The Morgan fingerprint density at radius 2 is 1.89 bits per heavy atom. The van der Waals surface area contributed by atoms with Gasteiger partial charge in [0.1, 0.15) is 12.4 Å². The summed E-state index contributed by atoms with van der Waals surface area (Å²) in [6.07, 6.45) is 0. The molecular weight excluding hydrogens is 389 g/mol. The van der Waals surface area contributed by atoms with Crippen molar-refractivity contribution >= 4 is 16.0 Å². The molecule has 0 fully saturated rings. The van der Waals surface area contributed by atoms with Crippen molar-refractivity contribution in [3.05, 3.63) is 65.8 Å². The van der Waals surface area contributed by atoms with E-state index in [0.717, 1.165) is 35.4 Å². The Bertz CT molecular complexity index is 1080. The number of aromatic nitrogens is 2. The van der Waals surface area contributed by atoms with Gasteiger partial charge >= 0.3 is 5.97 Å². The highest BCUT2D eigenvalue weighted by molar-refractivity contribution is 7.89. The van der Waals surface area contributed by atoms with Crippen LogP contribution in [-0.2, 0) is 26.2 Å². The minimum absolute atomic E-state index is 0.0768. The molecule has 0 aliphatic heterocycles. The van der Waals surface area contributed by atoms with Gasteiger partial charge in [-0.05, 0) is 36.8 Å². The van der Waals surface area contributed by atoms with Crippen molar-refractivity contribution in [2.45, 2.75) is 18.4 Å². The summed E-state index contributed by atoms with van der Waals surface area (Å²) < 4.78 is 49.0. The Morgan fingerprint density at radius 1 is 1.18 bits per heavy atom. The van der Waals surface area contributed by atoms with Crippen molar-refractivity contribution in [2.24, 2.45) is 0 Å². The standard InChI is InChI=1S/C18H16FN3O5S/c1-12-4-2-3-5-15(12)18-21-16(27-22-18)11-26-17(23)10-20-28(24,25)14-8-6-13(19)7-9-14/h2-9,20H,10-11H2,1H3. The summed E-state index contributed by atoms with van der Waals surface area (Å²) in [5, 5.41) is 3.84. The lowest BCUT2D eigenvalue weighted by atomic mass is 10.1. The van der Waals surface area contributed by atoms with Gasteiger partial charge in [0.25, 0.3) is 5.89 Å². The summed E-state index contributed by atoms with van der Waals surface area (Å²) in [6.45, 7) is 1.01. The van der Waals surface area contributed by atoms with Crippen LogP contribution in [0.15, 0.2) is 57.9 Å². The third-order valence-electron chi connectivity index (χ3n) is 3.74. The summed E-state index contributed by atoms with van der Waals surface area (Å²) in [5.74, 6) is -0.960. The molecular formula is C18H16FN3O5S. The van der Waals surface area contributed by atoms with Crippen molar-refractivity contribution in [3.63, 3.8) is 0 Å². The zero-order valence-electron chi connectivity index (χ0n) is 14.8. The quantitative estimate of drug-likeness (QED) is 0.600. The molecule has 0 aliphatic rings. The number of aryl methyl sites for hydroxylation is 1. The molecule has 0 saturated carbocycles. The minimum Gasteiger partial charge on any atom is -0.455 e. The van der Waals surface area contributed by atoms with E-state index >= 15 is 0 Å². The number of esters is 1. The van der Waals surface area contributed by atoms with E-state index in [0.29, 0.717) is 5.82 Å². The fourth-order valence-electron chi connectivity index (χ4n) is 2.29. The normalized spacial score (nSPS) is 11.4. The molecule has 1 aromatic heterocycles. The summed E-state index contributed by atoms with van der Waals surface area (Å²) in [7, 11) is -3.96. The van der Waals surface area contributed by atoms with E-state index in [1.807, 2.05) is 31.2 Å². The van der Waals surface area contributed by atoms with Crippen LogP contribution in [-0.4, -0.2) is 31.1 Å². The van der Waals surface area contributed by atoms with Gasteiger partial charge in [0, 0.05) is 5.56 Å². The number of rotatable bonds is 7. The van der Waals surface area contributed by atoms with E-state index in [1.165, 1.54) is 0 Å². The van der Waals surface area contributed by atoms with Crippen LogP contribution in [0.2, 0.25) is 0 Å². The van der Waals surface area contributed by atoms with Gasteiger partial charge in [-0.25, -0.2) is 12.8 Å². The number of carbonyl (C=O) groups excluding carboxylic acids is 1. The highest BCUT2D eigenvalue weighted by Crippen LogP contribution is 2.19. The van der Waals surface area contributed by atoms with Gasteiger partial charge in [-0.2, -0.15) is 9.71 Å². The summed E-state index contributed by atoms with van der Waals surface area (Å²) in [4.78, 5) is 15.8. The Balaban J connectivity index is 1.54. The van der Waals surface area contributed by atoms with E-state index < -0.39 is 28.4 Å². The Hall–Kier alpha value is -3.11. The molecule has 0 unspecified atom stereocenters. The molecule has 0 amide bonds. The largest absolute Gasteiger partial charge is 0.455 e. The van der Waals surface area contributed by atoms with Gasteiger partial charge in [0.2, 0.25) is 15.8 Å². The van der Waals surface area contributed by atoms with Crippen molar-refractivity contribution < 1.29 is 26.9 Å². The predicted molar refractivity (Wildman–Crippen MR) is 95.9 cm³/mol. The molecule has 3 rings (SSSR count). The number of ether oxygens (including phenoxy) is 1. The fraction of sp³-hybridized carbons (Fsp3) is 0.167. The molecule has 0 bridgehead atoms. The molecule has 28 heavy (non-hydrogen) atoms. The van der Waals surface area contributed by atoms with Crippen LogP contribution in [0, 0.1) is 12.7 Å². The first-order valence-corrected chi connectivity index (χ1v) is 9.63. The third kappa shape index (κ3) is 4.78. The number of halogens is 1. The van der Waals surface area contributed by atoms with E-state index in [9.17, 15) is 17.6 Å². The van der Waals surface area contributed by atoms with E-state index in [2.05, 4.69) is 14.9 Å². The first-order valence-electron chi connectivity index (χ1n) is 8.14. The van der Waals surface area contributed by atoms with Crippen LogP contribution < -0.4 is 4.72 Å². The Morgan fingerprint density at radius 3 is 2.61 bits per heavy atom. The molecule has 8 nitrogen and oxygen atoms in total. The highest BCUT2D eigenvalue weighted by atomic mass is 32.2. The lowest BCUT2D eigenvalue weighted by molar-refractivity contribution is -0.144. The zero-order valence-corrected chi connectivity index (χ0v) is 15.6. The number of sulfonamides is 1. The van der Waals surface area contributed by atoms with Crippen LogP contribution in [0.5, 0.6) is 0 Å². The fourth-order valence-corrected chi connectivity index (χ4v) is 3.26. The topological polar surface area (TPSA) is 111 Å². The number of carbonyl (C=O) groups is 1. The lowest BCUT2D eigenvalue weighted by Gasteiger charge is -2.06. The van der Waals surface area contributed by atoms with Crippen LogP contribution in [0.25, 0.3) is 11.4 Å². The second-order valence-electron chi connectivity index (χ2n) is 5.77. The van der Waals surface area contributed by atoms with Gasteiger partial charge in [-0.3, -0.25) is 4.79 Å². The molecule has 3 aromatic rings. The van der Waals surface area contributed by atoms with Crippen LogP contribution >= 0.6 is 0 Å². The van der Waals surface area contributed by atoms with Gasteiger partial charge < -0.3 is 9.26 Å². The molecule has 0 saturated heterocycles. The third-order valence-corrected chi connectivity index (χ3v) is 5.16. The zero-order chi connectivity index (χ0) is 20.1. The molecule has 0 aliphatic carbocycles. The van der Waals surface area contributed by atoms with E-state index in [1.54, 1.807) is 0 Å². The molecule has 0 radical (unpaired) electrons. The molecule has 0 spiro atoms. The van der Waals surface area contributed by atoms with Gasteiger partial charge in [0.15, 0.2) is 6.61 Å². The second-order valence-corrected chi connectivity index (χ2v) is 7.53. The van der Waals surface area contributed by atoms with E-state index in [-0.39, 0.29) is 17.4 Å². The maximum Gasteiger partial charge on any atom is 0.321 e. The van der Waals surface area contributed by atoms with Gasteiger partial charge in [0.05, 0.1) is 4.90 Å². The number of hydrogen-bond donors (Lipinski definition) is 1. The smallest absolute Gasteiger partial charge is 0.321 e. The Kier molecular flexibility index (Phi) is 5.81. The second kappa shape index (κ2) is 8.28. The average Bonchev–Trinajstić information content (AvgIpc) is 3.14. The highest BCUT2D eigenvalue weighted by Gasteiger charge is 2.17. The number of nitrogens with zero attached hydrogens (tertiary/aromatic N) is 2. The predicted octanol–water partition coefficient (Wildman–Crippen LogP) is 2.21. The van der Waals surface area contributed by atoms with E-state index in [4.69, 9.17) is 9.26 Å². The molecule has 1 N–H and O–H groups in total. The number of nitrogens with one attached hydrogen (secondary N) is 1. The summed E-state index contributed by atoms with van der Waals surface area (Å²) in [6, 6.07) is 11.7. The van der Waals surface area contributed by atoms with Crippen LogP contribution in [0.4, 0.5) is 4.39 Å². The first-order chi connectivity index (χ1) is 13.3. The molecule has 10 heteroatoms. The Labute approximate surface area is 160 Å². The van der Waals surface area contributed by atoms with Crippen molar-refractivity contribution in [1.82, 2.24) is 14.9 Å². The average molecular weight is 405 g/mol. The maximum absolute atomic E-state index is 12.9. The van der Waals surface area contributed by atoms with Crippen molar-refractivity contribution in [2.75, 3.05) is 6.54 Å². The summed E-state index contributed by atoms with van der Waals surface area (Å²) in [5.41, 5.74) is 1.75. The molecule has 2 aromatic carbocycles. The van der Waals surface area contributed by atoms with Gasteiger partial charge in [-0.1, -0.05) is 29.4 Å². The molecule has 146 valence electrons. The summed E-state index contributed by atoms with van der Waals surface area (Å²) >= 11 is 0. The maximum atomic E-state index is 12.9. The van der Waals surface area contributed by atoms with Crippen molar-refractivity contribution in [1.29, 1.82) is 0 Å². The first kappa shape index (κ1) is 19.6. The number of hydrogen-bond acceptors (Lipinski definition) is 7.